The molecule has 2 saturated carbocycles. The van der Waals surface area contributed by atoms with Gasteiger partial charge in [0.15, 0.2) is 0 Å². The lowest BCUT2D eigenvalue weighted by Crippen LogP contribution is -2.94. The average molecular weight is 811 g/mol. The molecule has 0 aromatic rings. The van der Waals surface area contributed by atoms with Crippen LogP contribution < -0.4 is 27.1 Å². The van der Waals surface area contributed by atoms with Crippen molar-refractivity contribution in [1.29, 1.82) is 0 Å². The van der Waals surface area contributed by atoms with Gasteiger partial charge in [-0.3, -0.25) is 31.4 Å². The summed E-state index contributed by atoms with van der Waals surface area (Å²) in [5, 5.41) is 28.9. The van der Waals surface area contributed by atoms with E-state index >= 15 is 0 Å². The number of nitrogens with two attached hydrogens (primary N) is 3. The van der Waals surface area contributed by atoms with Crippen molar-refractivity contribution in [2.24, 2.45) is 46.5 Å². The summed E-state index contributed by atoms with van der Waals surface area (Å²) < 4.78 is 12.8. The summed E-state index contributed by atoms with van der Waals surface area (Å²) in [6.07, 6.45) is 16.4. The van der Waals surface area contributed by atoms with Gasteiger partial charge in [-0.2, -0.15) is 0 Å². The second-order valence-electron chi connectivity index (χ2n) is 18.3. The van der Waals surface area contributed by atoms with Gasteiger partial charge in [0.2, 0.25) is 5.91 Å². The normalized spacial score (nSPS) is 40.9. The molecule has 5 fully saturated rings. The Hall–Kier alpha value is -1.29. The summed E-state index contributed by atoms with van der Waals surface area (Å²) >= 11 is 0. The van der Waals surface area contributed by atoms with Gasteiger partial charge in [0.1, 0.15) is 18.1 Å². The van der Waals surface area contributed by atoms with Crippen LogP contribution in [0.1, 0.15) is 129 Å². The number of rotatable bonds is 3. The number of fused-ring (bicyclic) bond motifs is 7. The van der Waals surface area contributed by atoms with Crippen molar-refractivity contribution in [2.75, 3.05) is 37.8 Å². The number of carbonyl (C=O) groups excluding carboxylic acids is 2. The molecule has 12 nitrogen and oxygen atoms in total. The maximum Gasteiger partial charge on any atom is 0.341 e. The first-order valence-electron chi connectivity index (χ1n) is 22.0. The van der Waals surface area contributed by atoms with Crippen LogP contribution in [0.25, 0.3) is 0 Å². The van der Waals surface area contributed by atoms with E-state index in [0.717, 1.165) is 95.8 Å². The first-order chi connectivity index (χ1) is 26.6. The van der Waals surface area contributed by atoms with Crippen LogP contribution >= 0.6 is 21.6 Å². The molecule has 4 aliphatic heterocycles. The van der Waals surface area contributed by atoms with Crippen LogP contribution in [0.4, 0.5) is 0 Å². The van der Waals surface area contributed by atoms with Crippen molar-refractivity contribution in [2.45, 2.75) is 166 Å². The summed E-state index contributed by atoms with van der Waals surface area (Å²) in [6.45, 7) is 4.39. The van der Waals surface area contributed by atoms with Crippen LogP contribution in [0, 0.1) is 35.0 Å². The zero-order valence-electron chi connectivity index (χ0n) is 33.6. The number of ether oxygens (including phenoxy) is 2. The van der Waals surface area contributed by atoms with Crippen LogP contribution in [0.2, 0.25) is 0 Å². The van der Waals surface area contributed by atoms with E-state index in [0.29, 0.717) is 69.0 Å². The molecule has 7 unspecified atom stereocenters. The number of nitrogens with one attached hydrogen (secondary N) is 2. The fourth-order valence-electron chi connectivity index (χ4n) is 11.4. The molecule has 1 amide bonds. The molecule has 0 spiro atoms. The fraction of sp³-hybridized carbons (Fsp3) is 0.927. The number of hydrogen-bond donors (Lipinski definition) is 7. The number of amides is 1. The number of aliphatic hydroxyl groups excluding tert-OH is 2. The van der Waals surface area contributed by atoms with Crippen molar-refractivity contribution in [1.82, 2.24) is 10.2 Å². The topological polar surface area (TPSA) is 191 Å². The molecule has 4 bridgehead atoms. The largest absolute Gasteiger partial charge is 0.462 e. The lowest BCUT2D eigenvalue weighted by atomic mass is 9.67. The molecular formula is C41H74N6O6S2+2. The number of nitrogens with zero attached hydrogens (tertiary/aromatic N) is 1. The highest BCUT2D eigenvalue weighted by atomic mass is 33.1. The molecule has 55 heavy (non-hydrogen) atoms. The number of esters is 1. The van der Waals surface area contributed by atoms with Crippen LogP contribution in [0.3, 0.4) is 0 Å². The second-order valence-corrected chi connectivity index (χ2v) is 20.9. The van der Waals surface area contributed by atoms with Crippen molar-refractivity contribution in [3.8, 4) is 0 Å². The second kappa shape index (κ2) is 21.1. The minimum Gasteiger partial charge on any atom is -0.462 e. The van der Waals surface area contributed by atoms with Gasteiger partial charge in [0.05, 0.1) is 37.5 Å². The molecule has 10 N–H and O–H groups in total. The molecule has 2 aliphatic carbocycles. The van der Waals surface area contributed by atoms with Crippen LogP contribution in [0.5, 0.6) is 0 Å². The molecule has 4 heterocycles. The Balaban J connectivity index is 1.21. The summed E-state index contributed by atoms with van der Waals surface area (Å²) in [4.78, 5) is 31.7. The zero-order valence-corrected chi connectivity index (χ0v) is 35.2. The molecule has 314 valence electrons. The van der Waals surface area contributed by atoms with Gasteiger partial charge < -0.3 is 29.9 Å². The van der Waals surface area contributed by atoms with Gasteiger partial charge in [-0.05, 0) is 106 Å². The van der Waals surface area contributed by atoms with E-state index in [-0.39, 0.29) is 59.5 Å². The Morgan fingerprint density at radius 2 is 1.84 bits per heavy atom. The molecule has 12 atom stereocenters. The molecular weight excluding hydrogens is 737 g/mol. The van der Waals surface area contributed by atoms with Crippen molar-refractivity contribution >= 4 is 39.4 Å². The van der Waals surface area contributed by atoms with Gasteiger partial charge in [0, 0.05) is 50.9 Å². The smallest absolute Gasteiger partial charge is 0.341 e. The standard InChI is InChI=1S/C41H72N6O6S2/c1-27(48)52-33-12-10-30-20-31(38(51)39-34(30)13-11-29-7-6-9-35(29)53-39)24-47-25-41(23-37(47)50,22-28-14-16-44-36(42)19-28)15-17-45-40(43)46-26-55-54-18-5-3-2-4-8-32(49)21-33/h28-36,38-39,44,49,51H,2-26,42H2,1H3,(H3,43,45,46)/p+2/t28?,29-,30?,31?,32-,33-,34?,35-,36?,38?,39?,41-/m0/s1. The van der Waals surface area contributed by atoms with Crippen molar-refractivity contribution < 1.29 is 39.6 Å². The molecule has 3 saturated heterocycles. The highest BCUT2D eigenvalue weighted by Gasteiger charge is 2.51. The molecule has 6 aliphatic rings. The third-order valence-electron chi connectivity index (χ3n) is 14.1. The lowest BCUT2D eigenvalue weighted by molar-refractivity contribution is -0.699. The first kappa shape index (κ1) is 43.3. The Morgan fingerprint density at radius 3 is 2.67 bits per heavy atom. The van der Waals surface area contributed by atoms with E-state index in [1.165, 1.54) is 19.8 Å². The maximum atomic E-state index is 14.1. The predicted molar refractivity (Wildman–Crippen MR) is 218 cm³/mol. The third-order valence-corrected chi connectivity index (χ3v) is 16.3. The summed E-state index contributed by atoms with van der Waals surface area (Å²) in [5.74, 6) is 3.68. The van der Waals surface area contributed by atoms with Gasteiger partial charge in [0.25, 0.3) is 0 Å². The Morgan fingerprint density at radius 1 is 1.00 bits per heavy atom. The Bertz CT molecular complexity index is 1270. The van der Waals surface area contributed by atoms with E-state index in [1.807, 2.05) is 10.8 Å². The zero-order chi connectivity index (χ0) is 38.8. The number of aliphatic hydroxyl groups is 2. The van der Waals surface area contributed by atoms with Crippen LogP contribution in [-0.4, -0.2) is 107 Å². The predicted octanol–water partition coefficient (Wildman–Crippen LogP) is 1.96. The minimum atomic E-state index is -0.633. The summed E-state index contributed by atoms with van der Waals surface area (Å²) in [6, 6.07) is 0. The molecule has 0 aromatic carbocycles. The quantitative estimate of drug-likeness (QED) is 0.163. The van der Waals surface area contributed by atoms with E-state index in [2.05, 4.69) is 20.5 Å². The Labute approximate surface area is 338 Å². The van der Waals surface area contributed by atoms with Gasteiger partial charge in [-0.25, -0.2) is 0 Å². The SMILES string of the molecule is CC(=O)O[C@H]1CCC2CC(CN3C[C@](CC4CC[NH2+]C(N)C4)(CCNC(N)=[NH+]CSSCCCCCC[C@H](O)C1)CC3=O)C(O)C1O[C@H]3CCC[C@H]3CCC21. The van der Waals surface area contributed by atoms with Gasteiger partial charge >= 0.3 is 11.9 Å². The lowest BCUT2D eigenvalue weighted by Gasteiger charge is -2.46. The number of piperidine rings is 1. The Kier molecular flexibility index (Phi) is 16.6. The number of hydrogen-bond acceptors (Lipinski definition) is 11. The number of quaternary nitrogens is 1. The highest BCUT2D eigenvalue weighted by molar-refractivity contribution is 8.76. The van der Waals surface area contributed by atoms with Crippen LogP contribution in [-0.2, 0) is 19.1 Å². The van der Waals surface area contributed by atoms with Crippen molar-refractivity contribution in [3.05, 3.63) is 0 Å². The minimum absolute atomic E-state index is 0.0975. The first-order valence-corrected chi connectivity index (χ1v) is 24.5. The molecule has 0 radical (unpaired) electrons. The monoisotopic (exact) mass is 811 g/mol. The van der Waals surface area contributed by atoms with E-state index in [4.69, 9.17) is 20.9 Å². The third kappa shape index (κ3) is 12.6. The average Bonchev–Trinajstić information content (AvgIpc) is 3.65. The number of guanidine groups is 1. The summed E-state index contributed by atoms with van der Waals surface area (Å²) in [7, 11) is 3.62. The van der Waals surface area contributed by atoms with E-state index in [1.54, 1.807) is 10.8 Å². The van der Waals surface area contributed by atoms with Crippen LogP contribution in [0.15, 0.2) is 0 Å². The maximum absolute atomic E-state index is 14.1. The van der Waals surface area contributed by atoms with Gasteiger partial charge in [-0.15, -0.1) is 0 Å². The molecule has 0 aromatic heterocycles. The molecule has 6 rings (SSSR count). The van der Waals surface area contributed by atoms with Crippen molar-refractivity contribution in [3.63, 3.8) is 0 Å². The molecule has 14 heteroatoms. The van der Waals surface area contributed by atoms with E-state index < -0.39 is 12.2 Å². The van der Waals surface area contributed by atoms with E-state index in [9.17, 15) is 19.8 Å². The number of carbonyl (C=O) groups is 2. The van der Waals surface area contributed by atoms with Gasteiger partial charge in [-0.1, -0.05) is 47.3 Å². The highest BCUT2D eigenvalue weighted by Crippen LogP contribution is 2.49. The summed E-state index contributed by atoms with van der Waals surface area (Å²) in [5.41, 5.74) is 12.6. The fourth-order valence-corrected chi connectivity index (χ4v) is 13.3.